The number of hydrogen-bond acceptors (Lipinski definition) is 2. The van der Waals surface area contributed by atoms with Crippen LogP contribution in [0.3, 0.4) is 0 Å². The van der Waals surface area contributed by atoms with Crippen molar-refractivity contribution >= 4 is 21.6 Å². The fraction of sp³-hybridized carbons (Fsp3) is 0.500. The molecule has 1 aromatic carbocycles. The molecule has 2 atom stereocenters. The van der Waals surface area contributed by atoms with Gasteiger partial charge in [0.25, 0.3) is 0 Å². The van der Waals surface area contributed by atoms with Gasteiger partial charge < -0.3 is 0 Å². The van der Waals surface area contributed by atoms with Gasteiger partial charge in [0.15, 0.2) is 11.6 Å². The molecule has 106 valence electrons. The molecule has 0 amide bonds. The molecule has 1 fully saturated rings. The highest BCUT2D eigenvalue weighted by Gasteiger charge is 2.25. The summed E-state index contributed by atoms with van der Waals surface area (Å²) < 4.78 is 52.0. The second-order valence-corrected chi connectivity index (χ2v) is 7.09. The molecule has 2 unspecified atom stereocenters. The Balaban J connectivity index is 2.03. The third-order valence-corrected chi connectivity index (χ3v) is 5.06. The van der Waals surface area contributed by atoms with E-state index < -0.39 is 21.7 Å². The van der Waals surface area contributed by atoms with Crippen molar-refractivity contribution in [2.24, 2.45) is 5.92 Å². The first-order valence-corrected chi connectivity index (χ1v) is 7.89. The van der Waals surface area contributed by atoms with Crippen LogP contribution in [-0.2, 0) is 10.0 Å². The van der Waals surface area contributed by atoms with Crippen molar-refractivity contribution in [2.45, 2.75) is 29.5 Å². The van der Waals surface area contributed by atoms with Crippen LogP contribution in [0.5, 0.6) is 0 Å². The summed E-state index contributed by atoms with van der Waals surface area (Å²) in [5.74, 6) is -2.05. The topological polar surface area (TPSA) is 46.2 Å². The van der Waals surface area contributed by atoms with E-state index in [9.17, 15) is 17.2 Å². The van der Waals surface area contributed by atoms with Gasteiger partial charge in [0.05, 0.1) is 4.90 Å². The second kappa shape index (κ2) is 5.73. The SMILES string of the molecule is O=S(=O)(NCC1CCC(Cl)C1)c1ccc(F)c(F)c1. The molecule has 1 aliphatic rings. The minimum atomic E-state index is -3.80. The molecular formula is C12H14ClF2NO2S. The Bertz CT molecular complexity index is 565. The summed E-state index contributed by atoms with van der Waals surface area (Å²) >= 11 is 5.94. The number of benzene rings is 1. The van der Waals surface area contributed by atoms with Crippen LogP contribution in [0.2, 0.25) is 0 Å². The van der Waals surface area contributed by atoms with Gasteiger partial charge in [0, 0.05) is 11.9 Å². The molecule has 1 saturated carbocycles. The fourth-order valence-electron chi connectivity index (χ4n) is 2.15. The first-order valence-electron chi connectivity index (χ1n) is 5.97. The lowest BCUT2D eigenvalue weighted by Crippen LogP contribution is -2.28. The predicted molar refractivity (Wildman–Crippen MR) is 68.5 cm³/mol. The summed E-state index contributed by atoms with van der Waals surface area (Å²) in [7, 11) is -3.80. The molecule has 0 aromatic heterocycles. The van der Waals surface area contributed by atoms with Gasteiger partial charge in [-0.05, 0) is 43.4 Å². The van der Waals surface area contributed by atoms with Gasteiger partial charge in [-0.25, -0.2) is 21.9 Å². The van der Waals surface area contributed by atoms with E-state index in [0.717, 1.165) is 31.4 Å². The maximum absolute atomic E-state index is 13.0. The molecular weight excluding hydrogens is 296 g/mol. The number of alkyl halides is 1. The Morgan fingerprint density at radius 2 is 2.00 bits per heavy atom. The summed E-state index contributed by atoms with van der Waals surface area (Å²) in [5.41, 5.74) is 0. The first-order chi connectivity index (χ1) is 8.88. The van der Waals surface area contributed by atoms with E-state index >= 15 is 0 Å². The van der Waals surface area contributed by atoms with E-state index in [1.165, 1.54) is 0 Å². The number of hydrogen-bond donors (Lipinski definition) is 1. The van der Waals surface area contributed by atoms with E-state index in [0.29, 0.717) is 6.07 Å². The van der Waals surface area contributed by atoms with Gasteiger partial charge >= 0.3 is 0 Å². The molecule has 1 aliphatic carbocycles. The van der Waals surface area contributed by atoms with Crippen LogP contribution in [0.25, 0.3) is 0 Å². The Morgan fingerprint density at radius 3 is 2.58 bits per heavy atom. The molecule has 0 heterocycles. The van der Waals surface area contributed by atoms with Crippen molar-refractivity contribution < 1.29 is 17.2 Å². The minimum absolute atomic E-state index is 0.0952. The number of sulfonamides is 1. The van der Waals surface area contributed by atoms with Crippen molar-refractivity contribution in [3.8, 4) is 0 Å². The molecule has 0 spiro atoms. The Hall–Kier alpha value is -0.720. The lowest BCUT2D eigenvalue weighted by molar-refractivity contribution is 0.501. The van der Waals surface area contributed by atoms with Gasteiger partial charge in [0.2, 0.25) is 10.0 Å². The molecule has 19 heavy (non-hydrogen) atoms. The molecule has 0 saturated heterocycles. The van der Waals surface area contributed by atoms with Crippen LogP contribution in [-0.4, -0.2) is 20.3 Å². The zero-order chi connectivity index (χ0) is 14.0. The van der Waals surface area contributed by atoms with Crippen molar-refractivity contribution in [1.29, 1.82) is 0 Å². The first kappa shape index (κ1) is 14.7. The molecule has 1 aromatic rings. The van der Waals surface area contributed by atoms with Gasteiger partial charge in [0.1, 0.15) is 0 Å². The normalized spacial score (nSPS) is 23.7. The summed E-state index contributed by atoms with van der Waals surface area (Å²) in [6.07, 6.45) is 2.51. The van der Waals surface area contributed by atoms with Crippen LogP contribution in [0, 0.1) is 17.6 Å². The fourth-order valence-corrected chi connectivity index (χ4v) is 3.66. The van der Waals surface area contributed by atoms with E-state index in [-0.39, 0.29) is 22.7 Å². The quantitative estimate of drug-likeness (QED) is 0.869. The average molecular weight is 310 g/mol. The van der Waals surface area contributed by atoms with Crippen LogP contribution in [0.15, 0.2) is 23.1 Å². The molecule has 1 N–H and O–H groups in total. The summed E-state index contributed by atoms with van der Waals surface area (Å²) in [4.78, 5) is -0.271. The van der Waals surface area contributed by atoms with E-state index in [1.54, 1.807) is 0 Å². The standard InChI is InChI=1S/C12H14ClF2NO2S/c13-9-2-1-8(5-9)7-16-19(17,18)10-3-4-11(14)12(15)6-10/h3-4,6,8-9,16H,1-2,5,7H2. The monoisotopic (exact) mass is 309 g/mol. The van der Waals surface area contributed by atoms with E-state index in [2.05, 4.69) is 4.72 Å². The number of halogens is 3. The van der Waals surface area contributed by atoms with Crippen LogP contribution in [0.1, 0.15) is 19.3 Å². The second-order valence-electron chi connectivity index (χ2n) is 4.70. The van der Waals surface area contributed by atoms with Gasteiger partial charge in [-0.15, -0.1) is 11.6 Å². The maximum atomic E-state index is 13.0. The molecule has 0 aliphatic heterocycles. The highest BCUT2D eigenvalue weighted by Crippen LogP contribution is 2.29. The highest BCUT2D eigenvalue weighted by atomic mass is 35.5. The average Bonchev–Trinajstić information content (AvgIpc) is 2.76. The summed E-state index contributed by atoms with van der Waals surface area (Å²) in [6.45, 7) is 0.268. The van der Waals surface area contributed by atoms with Crippen LogP contribution >= 0.6 is 11.6 Å². The molecule has 3 nitrogen and oxygen atoms in total. The maximum Gasteiger partial charge on any atom is 0.240 e. The molecule has 2 rings (SSSR count). The molecule has 0 bridgehead atoms. The minimum Gasteiger partial charge on any atom is -0.211 e. The van der Waals surface area contributed by atoms with E-state index in [1.807, 2.05) is 0 Å². The third-order valence-electron chi connectivity index (χ3n) is 3.24. The van der Waals surface area contributed by atoms with Crippen LogP contribution < -0.4 is 4.72 Å². The highest BCUT2D eigenvalue weighted by molar-refractivity contribution is 7.89. The molecule has 0 radical (unpaired) electrons. The summed E-state index contributed by atoms with van der Waals surface area (Å²) in [5, 5.41) is 0.0952. The van der Waals surface area contributed by atoms with Gasteiger partial charge in [-0.3, -0.25) is 0 Å². The zero-order valence-electron chi connectivity index (χ0n) is 10.1. The number of rotatable bonds is 4. The zero-order valence-corrected chi connectivity index (χ0v) is 11.6. The largest absolute Gasteiger partial charge is 0.240 e. The van der Waals surface area contributed by atoms with Crippen LogP contribution in [0.4, 0.5) is 8.78 Å². The van der Waals surface area contributed by atoms with E-state index in [4.69, 9.17) is 11.6 Å². The predicted octanol–water partition coefficient (Wildman–Crippen LogP) is 2.65. The number of nitrogens with one attached hydrogen (secondary N) is 1. The van der Waals surface area contributed by atoms with Crippen molar-refractivity contribution in [2.75, 3.05) is 6.54 Å². The van der Waals surface area contributed by atoms with Gasteiger partial charge in [-0.1, -0.05) is 0 Å². The van der Waals surface area contributed by atoms with Crippen molar-refractivity contribution in [1.82, 2.24) is 4.72 Å². The van der Waals surface area contributed by atoms with Crippen molar-refractivity contribution in [3.05, 3.63) is 29.8 Å². The third kappa shape index (κ3) is 3.64. The Labute approximate surface area is 116 Å². The van der Waals surface area contributed by atoms with Gasteiger partial charge in [-0.2, -0.15) is 0 Å². The lowest BCUT2D eigenvalue weighted by Gasteiger charge is -2.11. The smallest absolute Gasteiger partial charge is 0.211 e. The van der Waals surface area contributed by atoms with Crippen molar-refractivity contribution in [3.63, 3.8) is 0 Å². The Kier molecular flexibility index (Phi) is 4.43. The Morgan fingerprint density at radius 1 is 1.26 bits per heavy atom. The molecule has 7 heteroatoms. The lowest BCUT2D eigenvalue weighted by atomic mass is 10.1. The summed E-state index contributed by atoms with van der Waals surface area (Å²) in [6, 6.07) is 2.52.